The number of rotatable bonds is 6. The Morgan fingerprint density at radius 3 is 2.38 bits per heavy atom. The quantitative estimate of drug-likeness (QED) is 0.624. The van der Waals surface area contributed by atoms with Crippen molar-refractivity contribution < 1.29 is 0 Å². The lowest BCUT2D eigenvalue weighted by molar-refractivity contribution is 0.269. The summed E-state index contributed by atoms with van der Waals surface area (Å²) in [7, 11) is 0. The molecule has 0 aliphatic heterocycles. The smallest absolute Gasteiger partial charge is 0.0621 e. The Kier molecular flexibility index (Phi) is 6.53. The summed E-state index contributed by atoms with van der Waals surface area (Å²) in [5.41, 5.74) is 0. The van der Waals surface area contributed by atoms with Crippen LogP contribution < -0.4 is 0 Å². The molecule has 0 aromatic heterocycles. The van der Waals surface area contributed by atoms with E-state index in [1.807, 2.05) is 0 Å². The van der Waals surface area contributed by atoms with E-state index in [0.29, 0.717) is 0 Å². The Balaban J connectivity index is 2.23. The molecular formula is C15H27N. The van der Waals surface area contributed by atoms with Crippen molar-refractivity contribution in [3.8, 4) is 6.07 Å². The molecule has 0 amide bonds. The normalized spacial score (nSPS) is 19.6. The monoisotopic (exact) mass is 221 g/mol. The Labute approximate surface area is 101 Å². The van der Waals surface area contributed by atoms with Crippen molar-refractivity contribution in [3.05, 3.63) is 0 Å². The second kappa shape index (κ2) is 7.71. The van der Waals surface area contributed by atoms with Crippen LogP contribution in [-0.2, 0) is 0 Å². The number of nitrogens with zero attached hydrogens (tertiary/aromatic N) is 1. The van der Waals surface area contributed by atoms with Gasteiger partial charge in [0.25, 0.3) is 0 Å². The van der Waals surface area contributed by atoms with Crippen LogP contribution in [0.25, 0.3) is 0 Å². The molecule has 0 aromatic rings. The third-order valence-corrected chi connectivity index (χ3v) is 4.24. The number of hydrogen-bond acceptors (Lipinski definition) is 1. The summed E-state index contributed by atoms with van der Waals surface area (Å²) < 4.78 is 0. The second-order valence-electron chi connectivity index (χ2n) is 5.78. The average Bonchev–Trinajstić information content (AvgIpc) is 2.30. The van der Waals surface area contributed by atoms with Crippen LogP contribution in [0.3, 0.4) is 0 Å². The molecule has 16 heavy (non-hydrogen) atoms. The molecule has 1 heteroatoms. The Morgan fingerprint density at radius 1 is 1.12 bits per heavy atom. The van der Waals surface area contributed by atoms with Gasteiger partial charge in [0.2, 0.25) is 0 Å². The third-order valence-electron chi connectivity index (χ3n) is 4.24. The minimum Gasteiger partial charge on any atom is -0.198 e. The van der Waals surface area contributed by atoms with Gasteiger partial charge in [0.05, 0.1) is 6.07 Å². The molecule has 0 radical (unpaired) electrons. The third kappa shape index (κ3) is 5.01. The van der Waals surface area contributed by atoms with E-state index in [-0.39, 0.29) is 0 Å². The minimum atomic E-state index is 0.744. The maximum Gasteiger partial charge on any atom is 0.0621 e. The molecule has 1 fully saturated rings. The molecule has 0 bridgehead atoms. The molecule has 0 saturated heterocycles. The van der Waals surface area contributed by atoms with E-state index >= 15 is 0 Å². The summed E-state index contributed by atoms with van der Waals surface area (Å²) >= 11 is 0. The highest BCUT2D eigenvalue weighted by atomic mass is 14.3. The van der Waals surface area contributed by atoms with Crippen LogP contribution in [0.1, 0.15) is 71.6 Å². The van der Waals surface area contributed by atoms with Crippen LogP contribution in [0.2, 0.25) is 0 Å². The summed E-state index contributed by atoms with van der Waals surface area (Å²) in [6, 6.07) is 2.29. The predicted octanol–water partition coefficient (Wildman–Crippen LogP) is 4.92. The van der Waals surface area contributed by atoms with E-state index in [0.717, 1.165) is 30.6 Å². The highest BCUT2D eigenvalue weighted by Gasteiger charge is 2.18. The van der Waals surface area contributed by atoms with Crippen LogP contribution in [0.4, 0.5) is 0 Å². The molecule has 1 rings (SSSR count). The molecule has 92 valence electrons. The van der Waals surface area contributed by atoms with E-state index in [1.165, 1.54) is 44.9 Å². The van der Waals surface area contributed by atoms with Crippen molar-refractivity contribution >= 4 is 0 Å². The maximum atomic E-state index is 8.66. The topological polar surface area (TPSA) is 23.8 Å². The first kappa shape index (κ1) is 13.6. The zero-order valence-corrected chi connectivity index (χ0v) is 11.0. The van der Waals surface area contributed by atoms with Crippen LogP contribution in [-0.4, -0.2) is 0 Å². The van der Waals surface area contributed by atoms with Gasteiger partial charge >= 0.3 is 0 Å². The highest BCUT2D eigenvalue weighted by Crippen LogP contribution is 2.31. The molecule has 1 nitrogen and oxygen atoms in total. The van der Waals surface area contributed by atoms with Gasteiger partial charge in [-0.05, 0) is 30.6 Å². The van der Waals surface area contributed by atoms with Crippen LogP contribution >= 0.6 is 0 Å². The first-order valence-corrected chi connectivity index (χ1v) is 7.11. The van der Waals surface area contributed by atoms with E-state index in [2.05, 4.69) is 19.9 Å². The maximum absolute atomic E-state index is 8.66. The highest BCUT2D eigenvalue weighted by molar-refractivity contribution is 4.75. The Morgan fingerprint density at radius 2 is 1.81 bits per heavy atom. The summed E-state index contributed by atoms with van der Waals surface area (Å²) in [6.45, 7) is 4.62. The van der Waals surface area contributed by atoms with Crippen molar-refractivity contribution in [2.45, 2.75) is 71.6 Å². The van der Waals surface area contributed by atoms with Gasteiger partial charge in [0.1, 0.15) is 0 Å². The lowest BCUT2D eigenvalue weighted by Crippen LogP contribution is -2.13. The fourth-order valence-corrected chi connectivity index (χ4v) is 2.99. The molecule has 0 aromatic carbocycles. The summed E-state index contributed by atoms with van der Waals surface area (Å²) in [5.74, 6) is 2.52. The summed E-state index contributed by atoms with van der Waals surface area (Å²) in [5, 5.41) is 8.66. The van der Waals surface area contributed by atoms with Crippen molar-refractivity contribution in [2.75, 3.05) is 0 Å². The predicted molar refractivity (Wildman–Crippen MR) is 69.0 cm³/mol. The number of hydrogen-bond donors (Lipinski definition) is 0. The summed E-state index contributed by atoms with van der Waals surface area (Å²) in [6.07, 6.45) is 11.9. The second-order valence-corrected chi connectivity index (χ2v) is 5.78. The van der Waals surface area contributed by atoms with Crippen molar-refractivity contribution in [1.82, 2.24) is 0 Å². The lowest BCUT2D eigenvalue weighted by atomic mass is 9.80. The van der Waals surface area contributed by atoms with Crippen LogP contribution in [0, 0.1) is 29.1 Å². The SMILES string of the molecule is CC(C)C(CCC#N)CCC1CCCCC1. The van der Waals surface area contributed by atoms with E-state index < -0.39 is 0 Å². The fraction of sp³-hybridized carbons (Fsp3) is 0.933. The first-order chi connectivity index (χ1) is 7.74. The van der Waals surface area contributed by atoms with Crippen LogP contribution in [0.5, 0.6) is 0 Å². The molecule has 0 N–H and O–H groups in total. The fourth-order valence-electron chi connectivity index (χ4n) is 2.99. The van der Waals surface area contributed by atoms with Gasteiger partial charge in [0.15, 0.2) is 0 Å². The molecular weight excluding hydrogens is 194 g/mol. The summed E-state index contributed by atoms with van der Waals surface area (Å²) in [4.78, 5) is 0. The average molecular weight is 221 g/mol. The minimum absolute atomic E-state index is 0.744. The van der Waals surface area contributed by atoms with Crippen molar-refractivity contribution in [3.63, 3.8) is 0 Å². The molecule has 1 unspecified atom stereocenters. The molecule has 1 atom stereocenters. The molecule has 1 aliphatic carbocycles. The van der Waals surface area contributed by atoms with Gasteiger partial charge < -0.3 is 0 Å². The molecule has 1 aliphatic rings. The lowest BCUT2D eigenvalue weighted by Gasteiger charge is -2.25. The zero-order valence-electron chi connectivity index (χ0n) is 11.0. The van der Waals surface area contributed by atoms with E-state index in [1.54, 1.807) is 0 Å². The van der Waals surface area contributed by atoms with Gasteiger partial charge in [-0.25, -0.2) is 0 Å². The Hall–Kier alpha value is -0.510. The van der Waals surface area contributed by atoms with E-state index in [9.17, 15) is 0 Å². The standard InChI is InChI=1S/C15H27N/c1-13(2)15(9-6-12-16)11-10-14-7-4-3-5-8-14/h13-15H,3-11H2,1-2H3. The molecule has 0 spiro atoms. The Bertz CT molecular complexity index is 208. The zero-order chi connectivity index (χ0) is 11.8. The first-order valence-electron chi connectivity index (χ1n) is 7.11. The molecule has 1 saturated carbocycles. The van der Waals surface area contributed by atoms with Crippen LogP contribution in [0.15, 0.2) is 0 Å². The van der Waals surface area contributed by atoms with Gasteiger partial charge in [-0.3, -0.25) is 0 Å². The van der Waals surface area contributed by atoms with Gasteiger partial charge in [0, 0.05) is 6.42 Å². The van der Waals surface area contributed by atoms with Crippen molar-refractivity contribution in [2.24, 2.45) is 17.8 Å². The van der Waals surface area contributed by atoms with E-state index in [4.69, 9.17) is 5.26 Å². The number of nitriles is 1. The van der Waals surface area contributed by atoms with Crippen molar-refractivity contribution in [1.29, 1.82) is 5.26 Å². The van der Waals surface area contributed by atoms with Gasteiger partial charge in [-0.15, -0.1) is 0 Å². The largest absolute Gasteiger partial charge is 0.198 e. The van der Waals surface area contributed by atoms with Gasteiger partial charge in [-0.1, -0.05) is 52.4 Å². The molecule has 0 heterocycles. The van der Waals surface area contributed by atoms with Gasteiger partial charge in [-0.2, -0.15) is 5.26 Å².